The van der Waals surface area contributed by atoms with Crippen LogP contribution < -0.4 is 5.32 Å². The van der Waals surface area contributed by atoms with E-state index in [1.807, 2.05) is 11.8 Å². The van der Waals surface area contributed by atoms with Crippen molar-refractivity contribution in [3.05, 3.63) is 0 Å². The molecular weight excluding hydrogens is 227 g/mol. The summed E-state index contributed by atoms with van der Waals surface area (Å²) >= 11 is 0. The molecule has 0 aromatic rings. The monoisotopic (exact) mass is 244 g/mol. The van der Waals surface area contributed by atoms with Gasteiger partial charge in [-0.15, -0.1) is 24.8 Å². The smallest absolute Gasteiger partial charge is 0.320 e. The molecular formula is C8H18Cl2N2O2. The van der Waals surface area contributed by atoms with Gasteiger partial charge in [-0.1, -0.05) is 0 Å². The summed E-state index contributed by atoms with van der Waals surface area (Å²) in [5.41, 5.74) is 0. The molecule has 2 N–H and O–H groups in total. The van der Waals surface area contributed by atoms with Crippen LogP contribution >= 0.6 is 24.8 Å². The molecule has 1 saturated heterocycles. The number of carboxylic acid groups (broad SMARTS) is 1. The second-order valence-electron chi connectivity index (χ2n) is 3.31. The van der Waals surface area contributed by atoms with Crippen LogP contribution in [0, 0.1) is 0 Å². The summed E-state index contributed by atoms with van der Waals surface area (Å²) in [6.45, 7) is 6.39. The molecule has 0 bridgehead atoms. The number of aliphatic carboxylic acids is 1. The predicted octanol–water partition coefficient (Wildman–Crippen LogP) is 0.597. The highest BCUT2D eigenvalue weighted by Crippen LogP contribution is 2.07. The Bertz CT molecular complexity index is 181. The number of rotatable bonds is 2. The van der Waals surface area contributed by atoms with Crippen LogP contribution in [0.3, 0.4) is 0 Å². The quantitative estimate of drug-likeness (QED) is 0.748. The zero-order chi connectivity index (χ0) is 9.14. The Morgan fingerprint density at radius 2 is 2.14 bits per heavy atom. The van der Waals surface area contributed by atoms with Crippen molar-refractivity contribution >= 4 is 30.8 Å². The van der Waals surface area contributed by atoms with Gasteiger partial charge in [-0.05, 0) is 13.8 Å². The molecule has 1 heterocycles. The van der Waals surface area contributed by atoms with Crippen molar-refractivity contribution in [2.75, 3.05) is 19.6 Å². The molecule has 1 fully saturated rings. The molecule has 1 rings (SSSR count). The SMILES string of the molecule is CC1CNCCN1[C@H](C)C(=O)O.Cl.Cl. The second-order valence-corrected chi connectivity index (χ2v) is 3.31. The van der Waals surface area contributed by atoms with Gasteiger partial charge in [0, 0.05) is 25.7 Å². The first-order chi connectivity index (χ1) is 5.63. The third-order valence-corrected chi connectivity index (χ3v) is 2.41. The van der Waals surface area contributed by atoms with Crippen molar-refractivity contribution in [1.82, 2.24) is 10.2 Å². The van der Waals surface area contributed by atoms with Crippen LogP contribution in [0.25, 0.3) is 0 Å². The molecule has 2 atom stereocenters. The standard InChI is InChI=1S/C8H16N2O2.2ClH/c1-6-5-9-3-4-10(6)7(2)8(11)12;;/h6-7,9H,3-5H2,1-2H3,(H,11,12);2*1H/t6?,7-;;/m1../s1. The van der Waals surface area contributed by atoms with Crippen molar-refractivity contribution in [1.29, 1.82) is 0 Å². The minimum atomic E-state index is -0.733. The Balaban J connectivity index is 0. The molecule has 0 aromatic carbocycles. The van der Waals surface area contributed by atoms with Gasteiger partial charge < -0.3 is 10.4 Å². The Morgan fingerprint density at radius 1 is 1.57 bits per heavy atom. The lowest BCUT2D eigenvalue weighted by atomic mass is 10.1. The fourth-order valence-electron chi connectivity index (χ4n) is 1.57. The summed E-state index contributed by atoms with van der Waals surface area (Å²) in [5.74, 6) is -0.733. The normalized spacial score (nSPS) is 24.3. The van der Waals surface area contributed by atoms with Crippen LogP contribution in [0.1, 0.15) is 13.8 Å². The zero-order valence-corrected chi connectivity index (χ0v) is 10.0. The maximum absolute atomic E-state index is 10.7. The minimum absolute atomic E-state index is 0. The number of carboxylic acids is 1. The van der Waals surface area contributed by atoms with E-state index >= 15 is 0 Å². The van der Waals surface area contributed by atoms with Gasteiger partial charge >= 0.3 is 5.97 Å². The number of nitrogens with one attached hydrogen (secondary N) is 1. The van der Waals surface area contributed by atoms with E-state index < -0.39 is 5.97 Å². The van der Waals surface area contributed by atoms with Crippen LogP contribution in [-0.4, -0.2) is 47.7 Å². The highest BCUT2D eigenvalue weighted by atomic mass is 35.5. The Hall–Kier alpha value is -0.0300. The molecule has 1 unspecified atom stereocenters. The third kappa shape index (κ3) is 4.00. The molecule has 0 aliphatic carbocycles. The van der Waals surface area contributed by atoms with Gasteiger partial charge in [-0.2, -0.15) is 0 Å². The van der Waals surface area contributed by atoms with E-state index in [-0.39, 0.29) is 30.9 Å². The van der Waals surface area contributed by atoms with Crippen molar-refractivity contribution in [2.45, 2.75) is 25.9 Å². The lowest BCUT2D eigenvalue weighted by Gasteiger charge is -2.36. The van der Waals surface area contributed by atoms with Crippen LogP contribution in [0.15, 0.2) is 0 Å². The van der Waals surface area contributed by atoms with E-state index in [2.05, 4.69) is 5.32 Å². The molecule has 0 amide bonds. The topological polar surface area (TPSA) is 52.6 Å². The van der Waals surface area contributed by atoms with Crippen LogP contribution in [0.4, 0.5) is 0 Å². The summed E-state index contributed by atoms with van der Waals surface area (Å²) in [4.78, 5) is 12.7. The third-order valence-electron chi connectivity index (χ3n) is 2.41. The molecule has 6 heteroatoms. The average Bonchev–Trinajstić information content (AvgIpc) is 2.04. The van der Waals surface area contributed by atoms with E-state index in [0.29, 0.717) is 6.04 Å². The largest absolute Gasteiger partial charge is 0.480 e. The van der Waals surface area contributed by atoms with Crippen molar-refractivity contribution < 1.29 is 9.90 Å². The second kappa shape index (κ2) is 7.29. The fraction of sp³-hybridized carbons (Fsp3) is 0.875. The molecule has 0 spiro atoms. The van der Waals surface area contributed by atoms with Crippen LogP contribution in [-0.2, 0) is 4.79 Å². The first-order valence-corrected chi connectivity index (χ1v) is 4.32. The Labute approximate surface area is 96.9 Å². The molecule has 1 aliphatic rings. The summed E-state index contributed by atoms with van der Waals surface area (Å²) in [6, 6.07) is -0.0352. The van der Waals surface area contributed by atoms with Gasteiger partial charge in [-0.25, -0.2) is 0 Å². The van der Waals surface area contributed by atoms with Gasteiger partial charge in [0.2, 0.25) is 0 Å². The van der Waals surface area contributed by atoms with Crippen molar-refractivity contribution in [3.63, 3.8) is 0 Å². The summed E-state index contributed by atoms with van der Waals surface area (Å²) in [5, 5.41) is 12.0. The number of halogens is 2. The summed E-state index contributed by atoms with van der Waals surface area (Å²) < 4.78 is 0. The van der Waals surface area contributed by atoms with E-state index in [4.69, 9.17) is 5.11 Å². The summed E-state index contributed by atoms with van der Waals surface area (Å²) in [6.07, 6.45) is 0. The average molecular weight is 245 g/mol. The van der Waals surface area contributed by atoms with Gasteiger partial charge in [-0.3, -0.25) is 9.69 Å². The maximum Gasteiger partial charge on any atom is 0.320 e. The molecule has 0 saturated carbocycles. The highest BCUT2D eigenvalue weighted by Gasteiger charge is 2.26. The molecule has 14 heavy (non-hydrogen) atoms. The highest BCUT2D eigenvalue weighted by molar-refractivity contribution is 5.85. The van der Waals surface area contributed by atoms with E-state index in [1.165, 1.54) is 0 Å². The minimum Gasteiger partial charge on any atom is -0.480 e. The van der Waals surface area contributed by atoms with Crippen molar-refractivity contribution in [2.24, 2.45) is 0 Å². The first-order valence-electron chi connectivity index (χ1n) is 4.32. The lowest BCUT2D eigenvalue weighted by Crippen LogP contribution is -2.55. The molecule has 0 radical (unpaired) electrons. The lowest BCUT2D eigenvalue weighted by molar-refractivity contribution is -0.143. The summed E-state index contributed by atoms with van der Waals surface area (Å²) in [7, 11) is 0. The number of hydrogen-bond acceptors (Lipinski definition) is 3. The number of piperazine rings is 1. The first kappa shape index (κ1) is 16.4. The Kier molecular flexibility index (Phi) is 8.54. The predicted molar refractivity (Wildman–Crippen MR) is 60.6 cm³/mol. The van der Waals surface area contributed by atoms with Crippen LogP contribution in [0.5, 0.6) is 0 Å². The van der Waals surface area contributed by atoms with Gasteiger partial charge in [0.1, 0.15) is 6.04 Å². The molecule has 86 valence electrons. The van der Waals surface area contributed by atoms with Gasteiger partial charge in [0.05, 0.1) is 0 Å². The van der Waals surface area contributed by atoms with E-state index in [9.17, 15) is 4.79 Å². The molecule has 0 aromatic heterocycles. The van der Waals surface area contributed by atoms with Gasteiger partial charge in [0.15, 0.2) is 0 Å². The maximum atomic E-state index is 10.7. The molecule has 4 nitrogen and oxygen atoms in total. The number of nitrogens with zero attached hydrogens (tertiary/aromatic N) is 1. The van der Waals surface area contributed by atoms with Crippen molar-refractivity contribution in [3.8, 4) is 0 Å². The van der Waals surface area contributed by atoms with Gasteiger partial charge in [0.25, 0.3) is 0 Å². The molecule has 1 aliphatic heterocycles. The van der Waals surface area contributed by atoms with Crippen LogP contribution in [0.2, 0.25) is 0 Å². The zero-order valence-electron chi connectivity index (χ0n) is 8.40. The van der Waals surface area contributed by atoms with E-state index in [0.717, 1.165) is 19.6 Å². The Morgan fingerprint density at radius 3 is 2.57 bits per heavy atom. The number of hydrogen-bond donors (Lipinski definition) is 2. The number of carbonyl (C=O) groups is 1. The van der Waals surface area contributed by atoms with E-state index in [1.54, 1.807) is 6.92 Å². The fourth-order valence-corrected chi connectivity index (χ4v) is 1.57.